The molecule has 0 aliphatic heterocycles. The number of hydrogen-bond donors (Lipinski definition) is 2. The number of rotatable bonds is 6. The first-order valence-electron chi connectivity index (χ1n) is 6.68. The number of anilines is 2. The van der Waals surface area contributed by atoms with E-state index >= 15 is 0 Å². The van der Waals surface area contributed by atoms with E-state index in [9.17, 15) is 10.2 Å². The second-order valence-electron chi connectivity index (χ2n) is 4.67. The maximum Gasteiger partial charge on any atom is 0.0640 e. The second-order valence-corrected chi connectivity index (χ2v) is 5.54. The largest absolute Gasteiger partial charge is 0.396 e. The van der Waals surface area contributed by atoms with E-state index in [0.29, 0.717) is 16.5 Å². The molecule has 2 N–H and O–H groups in total. The average Bonchev–Trinajstić information content (AvgIpc) is 2.50. The van der Waals surface area contributed by atoms with Crippen molar-refractivity contribution in [2.24, 2.45) is 0 Å². The Bertz CT molecular complexity index is 512. The summed E-state index contributed by atoms with van der Waals surface area (Å²) in [7, 11) is 0. The summed E-state index contributed by atoms with van der Waals surface area (Å²) >= 11 is 11.9. The van der Waals surface area contributed by atoms with Crippen molar-refractivity contribution in [3.63, 3.8) is 0 Å². The van der Waals surface area contributed by atoms with Gasteiger partial charge in [-0.15, -0.1) is 0 Å². The molecular weight excluding hydrogens is 309 g/mol. The third-order valence-corrected chi connectivity index (χ3v) is 3.75. The van der Waals surface area contributed by atoms with Crippen LogP contribution in [0.15, 0.2) is 48.5 Å². The summed E-state index contributed by atoms with van der Waals surface area (Å²) in [4.78, 5) is 1.98. The molecule has 0 radical (unpaired) electrons. The maximum atomic E-state index is 9.65. The highest BCUT2D eigenvalue weighted by Crippen LogP contribution is 2.30. The van der Waals surface area contributed by atoms with Crippen LogP contribution >= 0.6 is 23.2 Å². The topological polar surface area (TPSA) is 43.7 Å². The number of benzene rings is 2. The molecule has 2 rings (SSSR count). The SMILES string of the molecule is OCCC(CO)N(c1ccc(Cl)cc1)c1ccc(Cl)cc1. The molecule has 2 aromatic rings. The van der Waals surface area contributed by atoms with Crippen molar-refractivity contribution in [1.29, 1.82) is 0 Å². The monoisotopic (exact) mass is 325 g/mol. The van der Waals surface area contributed by atoms with Crippen LogP contribution in [-0.2, 0) is 0 Å². The lowest BCUT2D eigenvalue weighted by Crippen LogP contribution is -2.35. The van der Waals surface area contributed by atoms with Crippen molar-refractivity contribution in [1.82, 2.24) is 0 Å². The van der Waals surface area contributed by atoms with Gasteiger partial charge in [0, 0.05) is 28.0 Å². The van der Waals surface area contributed by atoms with Crippen molar-refractivity contribution in [3.8, 4) is 0 Å². The lowest BCUT2D eigenvalue weighted by molar-refractivity contribution is 0.220. The van der Waals surface area contributed by atoms with Gasteiger partial charge in [0.05, 0.1) is 12.6 Å². The Morgan fingerprint density at radius 1 is 0.810 bits per heavy atom. The molecule has 3 nitrogen and oxygen atoms in total. The summed E-state index contributed by atoms with van der Waals surface area (Å²) in [6, 6.07) is 14.5. The first-order chi connectivity index (χ1) is 10.2. The van der Waals surface area contributed by atoms with E-state index < -0.39 is 0 Å². The molecule has 21 heavy (non-hydrogen) atoms. The minimum Gasteiger partial charge on any atom is -0.396 e. The molecule has 0 saturated heterocycles. The summed E-state index contributed by atoms with van der Waals surface area (Å²) in [6.45, 7) is -0.0608. The van der Waals surface area contributed by atoms with Crippen molar-refractivity contribution in [3.05, 3.63) is 58.6 Å². The molecule has 0 aliphatic rings. The van der Waals surface area contributed by atoms with Gasteiger partial charge in [0.1, 0.15) is 0 Å². The predicted octanol–water partition coefficient (Wildman–Crippen LogP) is 3.87. The Hall–Kier alpha value is -1.26. The predicted molar refractivity (Wildman–Crippen MR) is 87.6 cm³/mol. The minimum atomic E-state index is -0.225. The molecule has 1 unspecified atom stereocenters. The molecule has 2 aromatic carbocycles. The van der Waals surface area contributed by atoms with Gasteiger partial charge < -0.3 is 15.1 Å². The number of halogens is 2. The Balaban J connectivity index is 2.42. The Morgan fingerprint density at radius 3 is 1.57 bits per heavy atom. The summed E-state index contributed by atoms with van der Waals surface area (Å²) in [6.07, 6.45) is 0.460. The molecule has 0 heterocycles. The van der Waals surface area contributed by atoms with Crippen LogP contribution < -0.4 is 4.90 Å². The molecular formula is C16H17Cl2NO2. The zero-order chi connectivity index (χ0) is 15.2. The molecule has 0 bridgehead atoms. The van der Waals surface area contributed by atoms with Gasteiger partial charge in [-0.05, 0) is 55.0 Å². The van der Waals surface area contributed by atoms with E-state index in [0.717, 1.165) is 11.4 Å². The van der Waals surface area contributed by atoms with Crippen molar-refractivity contribution < 1.29 is 10.2 Å². The van der Waals surface area contributed by atoms with E-state index in [1.807, 2.05) is 29.2 Å². The highest BCUT2D eigenvalue weighted by molar-refractivity contribution is 6.31. The molecule has 0 fully saturated rings. The lowest BCUT2D eigenvalue weighted by Gasteiger charge is -2.32. The molecule has 112 valence electrons. The zero-order valence-corrected chi connectivity index (χ0v) is 12.9. The highest BCUT2D eigenvalue weighted by Gasteiger charge is 2.19. The first kappa shape index (κ1) is 16.1. The molecule has 0 aliphatic carbocycles. The molecule has 1 atom stereocenters. The van der Waals surface area contributed by atoms with Gasteiger partial charge in [0.25, 0.3) is 0 Å². The number of aliphatic hydroxyl groups is 2. The van der Waals surface area contributed by atoms with Crippen molar-refractivity contribution >= 4 is 34.6 Å². The van der Waals surface area contributed by atoms with Crippen LogP contribution in [0.2, 0.25) is 10.0 Å². The Labute approximate surface area is 134 Å². The van der Waals surface area contributed by atoms with Crippen LogP contribution in [0.5, 0.6) is 0 Å². The smallest absolute Gasteiger partial charge is 0.0640 e. The standard InChI is InChI=1S/C16H17Cl2NO2/c17-12-1-5-14(6-2-12)19(16(11-21)9-10-20)15-7-3-13(18)4-8-15/h1-8,16,20-21H,9-11H2. The van der Waals surface area contributed by atoms with Gasteiger partial charge >= 0.3 is 0 Å². The molecule has 0 saturated carbocycles. The van der Waals surface area contributed by atoms with Gasteiger partial charge in [-0.1, -0.05) is 23.2 Å². The van der Waals surface area contributed by atoms with E-state index in [-0.39, 0.29) is 19.3 Å². The van der Waals surface area contributed by atoms with Crippen LogP contribution in [0.4, 0.5) is 11.4 Å². The highest BCUT2D eigenvalue weighted by atomic mass is 35.5. The van der Waals surface area contributed by atoms with Gasteiger partial charge in [-0.3, -0.25) is 0 Å². The normalized spacial score (nSPS) is 12.2. The Kier molecular flexibility index (Phi) is 5.88. The summed E-state index contributed by atoms with van der Waals surface area (Å²) in [5.74, 6) is 0. The van der Waals surface area contributed by atoms with E-state index in [2.05, 4.69) is 0 Å². The fraction of sp³-hybridized carbons (Fsp3) is 0.250. The lowest BCUT2D eigenvalue weighted by atomic mass is 10.1. The number of aliphatic hydroxyl groups excluding tert-OH is 2. The van der Waals surface area contributed by atoms with Crippen LogP contribution in [0.3, 0.4) is 0 Å². The average molecular weight is 326 g/mol. The van der Waals surface area contributed by atoms with Crippen LogP contribution in [0, 0.1) is 0 Å². The quantitative estimate of drug-likeness (QED) is 0.847. The van der Waals surface area contributed by atoms with Gasteiger partial charge in [-0.2, -0.15) is 0 Å². The minimum absolute atomic E-state index is 0.00288. The Morgan fingerprint density at radius 2 is 1.24 bits per heavy atom. The fourth-order valence-electron chi connectivity index (χ4n) is 2.23. The van der Waals surface area contributed by atoms with Crippen molar-refractivity contribution in [2.75, 3.05) is 18.1 Å². The number of nitrogens with zero attached hydrogens (tertiary/aromatic N) is 1. The van der Waals surface area contributed by atoms with Crippen LogP contribution in [-0.4, -0.2) is 29.5 Å². The molecule has 0 amide bonds. The molecule has 0 aromatic heterocycles. The summed E-state index contributed by atoms with van der Waals surface area (Å²) in [5, 5.41) is 20.2. The van der Waals surface area contributed by atoms with Gasteiger partial charge in [-0.25, -0.2) is 0 Å². The van der Waals surface area contributed by atoms with Gasteiger partial charge in [0.15, 0.2) is 0 Å². The molecule has 0 spiro atoms. The van der Waals surface area contributed by atoms with Crippen LogP contribution in [0.25, 0.3) is 0 Å². The van der Waals surface area contributed by atoms with Gasteiger partial charge in [0.2, 0.25) is 0 Å². The summed E-state index contributed by atoms with van der Waals surface area (Å²) in [5.41, 5.74) is 1.79. The molecule has 5 heteroatoms. The van der Waals surface area contributed by atoms with E-state index in [1.54, 1.807) is 24.3 Å². The number of hydrogen-bond acceptors (Lipinski definition) is 3. The third-order valence-electron chi connectivity index (χ3n) is 3.25. The zero-order valence-electron chi connectivity index (χ0n) is 11.4. The van der Waals surface area contributed by atoms with E-state index in [1.165, 1.54) is 0 Å². The summed E-state index contributed by atoms with van der Waals surface area (Å²) < 4.78 is 0. The maximum absolute atomic E-state index is 9.65. The fourth-order valence-corrected chi connectivity index (χ4v) is 2.48. The second kappa shape index (κ2) is 7.66. The van der Waals surface area contributed by atoms with E-state index in [4.69, 9.17) is 23.2 Å². The third kappa shape index (κ3) is 4.11. The van der Waals surface area contributed by atoms with Crippen molar-refractivity contribution in [2.45, 2.75) is 12.5 Å². The van der Waals surface area contributed by atoms with Crippen LogP contribution in [0.1, 0.15) is 6.42 Å². The first-order valence-corrected chi connectivity index (χ1v) is 7.43.